The van der Waals surface area contributed by atoms with Crippen LogP contribution in [0.2, 0.25) is 5.15 Å². The quantitative estimate of drug-likeness (QED) is 0.286. The maximum atomic E-state index is 15.8. The van der Waals surface area contributed by atoms with Crippen LogP contribution in [-0.2, 0) is 30.3 Å². The number of sulfonamides is 1. The van der Waals surface area contributed by atoms with Gasteiger partial charge in [0.2, 0.25) is 21.8 Å². The third-order valence-corrected chi connectivity index (χ3v) is 10.8. The molecular weight excluding hydrogens is 632 g/mol. The molecular formula is C29H36ClF2N7O5S. The van der Waals surface area contributed by atoms with Crippen molar-refractivity contribution in [2.75, 3.05) is 49.1 Å². The third-order valence-electron chi connectivity index (χ3n) is 8.71. The molecule has 3 amide bonds. The minimum absolute atomic E-state index is 0.0147. The Morgan fingerprint density at radius 1 is 1.00 bits per heavy atom. The van der Waals surface area contributed by atoms with Crippen LogP contribution in [0.4, 0.5) is 20.3 Å². The normalized spacial score (nSPS) is 21.6. The van der Waals surface area contributed by atoms with Crippen LogP contribution in [0.5, 0.6) is 0 Å². The van der Waals surface area contributed by atoms with Crippen molar-refractivity contribution >= 4 is 50.9 Å². The summed E-state index contributed by atoms with van der Waals surface area (Å²) >= 11 is 6.20. The van der Waals surface area contributed by atoms with Gasteiger partial charge in [-0.3, -0.25) is 25.2 Å². The number of benzene rings is 1. The highest BCUT2D eigenvalue weighted by atomic mass is 35.5. The zero-order chi connectivity index (χ0) is 32.4. The van der Waals surface area contributed by atoms with Gasteiger partial charge < -0.3 is 15.5 Å². The van der Waals surface area contributed by atoms with Crippen LogP contribution in [-0.4, -0.2) is 74.7 Å². The van der Waals surface area contributed by atoms with Crippen molar-refractivity contribution < 1.29 is 31.6 Å². The zero-order valence-corrected chi connectivity index (χ0v) is 26.1. The first-order valence-corrected chi connectivity index (χ1v) is 16.7. The molecule has 0 radical (unpaired) electrons. The third kappa shape index (κ3) is 7.21. The molecule has 2 saturated heterocycles. The highest BCUT2D eigenvalue weighted by molar-refractivity contribution is 7.89. The van der Waals surface area contributed by atoms with Crippen LogP contribution in [0.15, 0.2) is 41.3 Å². The molecule has 2 aliphatic heterocycles. The second kappa shape index (κ2) is 13.5. The lowest BCUT2D eigenvalue weighted by Gasteiger charge is -2.36. The Morgan fingerprint density at radius 3 is 2.27 bits per heavy atom. The summed E-state index contributed by atoms with van der Waals surface area (Å²) in [5.74, 6) is -5.52. The first kappa shape index (κ1) is 33.0. The Kier molecular flexibility index (Phi) is 9.91. The number of nitrogens with zero attached hydrogens (tertiary/aromatic N) is 4. The minimum atomic E-state index is -3.81. The van der Waals surface area contributed by atoms with Crippen molar-refractivity contribution in [3.05, 3.63) is 47.1 Å². The number of amides is 3. The number of hydrogen-bond donors (Lipinski definition) is 3. The van der Waals surface area contributed by atoms with Gasteiger partial charge in [0.05, 0.1) is 11.4 Å². The van der Waals surface area contributed by atoms with Crippen molar-refractivity contribution in [2.45, 2.75) is 49.3 Å². The first-order valence-electron chi connectivity index (χ1n) is 14.9. The molecule has 16 heteroatoms. The Bertz CT molecular complexity index is 1530. The lowest BCUT2D eigenvalue weighted by Crippen LogP contribution is -2.49. The van der Waals surface area contributed by atoms with Crippen LogP contribution in [0.25, 0.3) is 0 Å². The van der Waals surface area contributed by atoms with Crippen molar-refractivity contribution in [3.8, 4) is 0 Å². The zero-order valence-electron chi connectivity index (χ0n) is 24.6. The molecule has 3 heterocycles. The Labute approximate surface area is 265 Å². The summed E-state index contributed by atoms with van der Waals surface area (Å²) < 4.78 is 59.5. The molecule has 3 aliphatic rings. The van der Waals surface area contributed by atoms with Gasteiger partial charge in [0.1, 0.15) is 11.0 Å². The first-order chi connectivity index (χ1) is 21.4. The lowest BCUT2D eigenvalue weighted by atomic mass is 9.77. The number of nitrogens with one attached hydrogen (secondary N) is 2. The van der Waals surface area contributed by atoms with Crippen molar-refractivity contribution in [1.29, 1.82) is 0 Å². The van der Waals surface area contributed by atoms with E-state index in [-0.39, 0.29) is 85.7 Å². The predicted octanol–water partition coefficient (Wildman–Crippen LogP) is 2.38. The molecule has 244 valence electrons. The van der Waals surface area contributed by atoms with E-state index in [2.05, 4.69) is 15.8 Å². The minimum Gasteiger partial charge on any atom is -0.354 e. The van der Waals surface area contributed by atoms with Gasteiger partial charge in [0.25, 0.3) is 11.8 Å². The largest absolute Gasteiger partial charge is 0.354 e. The van der Waals surface area contributed by atoms with Gasteiger partial charge in [0.15, 0.2) is 0 Å². The van der Waals surface area contributed by atoms with E-state index >= 15 is 8.78 Å². The van der Waals surface area contributed by atoms with E-state index in [4.69, 9.17) is 17.3 Å². The molecule has 1 aromatic carbocycles. The van der Waals surface area contributed by atoms with Crippen LogP contribution in [0.1, 0.15) is 44.1 Å². The second-order valence-electron chi connectivity index (χ2n) is 11.5. The summed E-state index contributed by atoms with van der Waals surface area (Å²) in [6.45, 7) is 0.995. The average Bonchev–Trinajstić information content (AvgIpc) is 3.48. The number of alkyl halides is 2. The number of anilines is 2. The number of pyridine rings is 1. The maximum Gasteiger partial charge on any atom is 0.276 e. The second-order valence-corrected chi connectivity index (χ2v) is 13.8. The number of rotatable bonds is 8. The molecule has 1 aliphatic carbocycles. The molecule has 2 aromatic rings. The van der Waals surface area contributed by atoms with E-state index in [0.717, 1.165) is 12.5 Å². The maximum absolute atomic E-state index is 15.8. The topological polar surface area (TPSA) is 158 Å². The van der Waals surface area contributed by atoms with E-state index in [9.17, 15) is 22.8 Å². The molecule has 45 heavy (non-hydrogen) atoms. The van der Waals surface area contributed by atoms with Crippen molar-refractivity contribution in [3.63, 3.8) is 0 Å². The number of nitrogens with two attached hydrogens (primary N) is 1. The molecule has 0 bridgehead atoms. The fourth-order valence-electron chi connectivity index (χ4n) is 6.10. The summed E-state index contributed by atoms with van der Waals surface area (Å²) in [5, 5.41) is -0.0995. The molecule has 4 N–H and O–H groups in total. The summed E-state index contributed by atoms with van der Waals surface area (Å²) in [6, 6.07) is 8.70. The SMILES string of the molecule is NCC(=O)NNC(=O)[C@H]1CC[C@H](C(F)(F)c2cc(Cl)nc(N3CCN(S(=O)(=O)c4ccc(N5CCCC5=O)cc4)CC3)c2)CC1. The highest BCUT2D eigenvalue weighted by Gasteiger charge is 2.44. The predicted molar refractivity (Wildman–Crippen MR) is 163 cm³/mol. The van der Waals surface area contributed by atoms with Crippen molar-refractivity contribution in [2.24, 2.45) is 17.6 Å². The number of carbonyl (C=O) groups excluding carboxylic acids is 3. The molecule has 0 unspecified atom stereocenters. The monoisotopic (exact) mass is 667 g/mol. The smallest absolute Gasteiger partial charge is 0.276 e. The number of aromatic nitrogens is 1. The van der Waals surface area contributed by atoms with E-state index < -0.39 is 39.6 Å². The Balaban J connectivity index is 1.20. The van der Waals surface area contributed by atoms with Crippen molar-refractivity contribution in [1.82, 2.24) is 20.1 Å². The van der Waals surface area contributed by atoms with E-state index in [1.54, 1.807) is 21.9 Å². The molecule has 1 saturated carbocycles. The average molecular weight is 668 g/mol. The van der Waals surface area contributed by atoms with Gasteiger partial charge >= 0.3 is 0 Å². The fourth-order valence-corrected chi connectivity index (χ4v) is 7.73. The van der Waals surface area contributed by atoms with Crippen LogP contribution >= 0.6 is 11.6 Å². The van der Waals surface area contributed by atoms with E-state index in [1.165, 1.54) is 22.5 Å². The van der Waals surface area contributed by atoms with E-state index in [1.807, 2.05) is 0 Å². The number of carbonyl (C=O) groups is 3. The lowest BCUT2D eigenvalue weighted by molar-refractivity contribution is -0.133. The van der Waals surface area contributed by atoms with Crippen LogP contribution in [0.3, 0.4) is 0 Å². The highest BCUT2D eigenvalue weighted by Crippen LogP contribution is 2.46. The summed E-state index contributed by atoms with van der Waals surface area (Å²) in [7, 11) is -3.81. The summed E-state index contributed by atoms with van der Waals surface area (Å²) in [5.41, 5.74) is 10.0. The Hall–Kier alpha value is -3.40. The number of hydrazine groups is 1. The molecule has 5 rings (SSSR count). The van der Waals surface area contributed by atoms with Crippen LogP contribution < -0.4 is 26.4 Å². The molecule has 0 atom stereocenters. The summed E-state index contributed by atoms with van der Waals surface area (Å²) in [6.07, 6.45) is 1.89. The van der Waals surface area contributed by atoms with Gasteiger partial charge in [-0.15, -0.1) is 0 Å². The Morgan fingerprint density at radius 2 is 1.67 bits per heavy atom. The standard InChI is InChI=1S/C29H36ClF2N7O5S/c30-24-16-21(29(31,32)20-5-3-19(4-6-20)28(42)36-35-26(40)18-33)17-25(34-24)37-12-14-38(15-13-37)45(43,44)23-9-7-22(8-10-23)39-11-1-2-27(39)41/h7-10,16-17,19-20H,1-6,11-15,18,33H2,(H,35,40)(H,36,42)/t19-,20-. The number of halogens is 3. The number of piperazine rings is 1. The van der Waals surface area contributed by atoms with E-state index in [0.29, 0.717) is 18.7 Å². The number of hydrogen-bond acceptors (Lipinski definition) is 8. The molecule has 1 aromatic heterocycles. The van der Waals surface area contributed by atoms with Gasteiger partial charge in [-0.25, -0.2) is 22.2 Å². The van der Waals surface area contributed by atoms with Gasteiger partial charge in [-0.2, -0.15) is 4.31 Å². The summed E-state index contributed by atoms with van der Waals surface area (Å²) in [4.78, 5) is 43.3. The van der Waals surface area contributed by atoms with Crippen LogP contribution in [0, 0.1) is 11.8 Å². The molecule has 12 nitrogen and oxygen atoms in total. The molecule has 3 fully saturated rings. The molecule has 0 spiro atoms. The fraction of sp³-hybridized carbons (Fsp3) is 0.517. The van der Waals surface area contributed by atoms with Gasteiger partial charge in [-0.1, -0.05) is 11.6 Å². The van der Waals surface area contributed by atoms with Gasteiger partial charge in [0, 0.05) is 62.2 Å². The van der Waals surface area contributed by atoms with Gasteiger partial charge in [-0.05, 0) is 68.5 Å².